The lowest BCUT2D eigenvalue weighted by molar-refractivity contribution is 0.457. The molecule has 16 heavy (non-hydrogen) atoms. The van der Waals surface area contributed by atoms with E-state index in [1.165, 1.54) is 24.8 Å². The quantitative estimate of drug-likeness (QED) is 0.854. The molecule has 1 unspecified atom stereocenters. The lowest BCUT2D eigenvalue weighted by Crippen LogP contribution is -2.24. The lowest BCUT2D eigenvalue weighted by atomic mass is 9.94. The van der Waals surface area contributed by atoms with Gasteiger partial charge in [-0.2, -0.15) is 5.10 Å². The van der Waals surface area contributed by atoms with Crippen molar-refractivity contribution in [1.29, 1.82) is 0 Å². The minimum absolute atomic E-state index is 0.486. The Morgan fingerprint density at radius 2 is 2.56 bits per heavy atom. The maximum absolute atomic E-state index is 4.12. The standard InChI is InChI=1S/C11H14N4S/c1-2-9(8-4-5-16-10(8)3-1)12-6-11-13-7-14-15-11/h4-5,7,9,12H,1-3,6H2,(H,13,14,15). The Balaban J connectivity index is 1.69. The van der Waals surface area contributed by atoms with Gasteiger partial charge in [0.2, 0.25) is 0 Å². The monoisotopic (exact) mass is 234 g/mol. The number of H-pyrrole nitrogens is 1. The number of hydrogen-bond donors (Lipinski definition) is 2. The van der Waals surface area contributed by atoms with Gasteiger partial charge in [-0.25, -0.2) is 4.98 Å². The van der Waals surface area contributed by atoms with Crippen LogP contribution in [0.15, 0.2) is 17.8 Å². The average Bonchev–Trinajstić information content (AvgIpc) is 2.97. The molecule has 0 aromatic carbocycles. The van der Waals surface area contributed by atoms with Gasteiger partial charge in [-0.3, -0.25) is 5.10 Å². The SMILES string of the molecule is c1n[nH]c(CNC2CCCc3sccc32)n1. The summed E-state index contributed by atoms with van der Waals surface area (Å²) in [4.78, 5) is 5.66. The minimum Gasteiger partial charge on any atom is -0.303 e. The maximum Gasteiger partial charge on any atom is 0.138 e. The van der Waals surface area contributed by atoms with Crippen molar-refractivity contribution in [2.24, 2.45) is 0 Å². The van der Waals surface area contributed by atoms with E-state index in [4.69, 9.17) is 0 Å². The molecule has 2 N–H and O–H groups in total. The first kappa shape index (κ1) is 9.99. The highest BCUT2D eigenvalue weighted by atomic mass is 32.1. The molecule has 5 heteroatoms. The third kappa shape index (κ3) is 1.88. The highest BCUT2D eigenvalue weighted by Gasteiger charge is 2.20. The molecule has 2 heterocycles. The molecule has 0 saturated carbocycles. The molecule has 0 radical (unpaired) electrons. The predicted molar refractivity (Wildman–Crippen MR) is 63.2 cm³/mol. The number of fused-ring (bicyclic) bond motifs is 1. The first-order valence-electron chi connectivity index (χ1n) is 5.57. The van der Waals surface area contributed by atoms with Crippen LogP contribution >= 0.6 is 11.3 Å². The van der Waals surface area contributed by atoms with Crippen molar-refractivity contribution in [3.63, 3.8) is 0 Å². The number of aromatic amines is 1. The fourth-order valence-electron chi connectivity index (χ4n) is 2.23. The summed E-state index contributed by atoms with van der Waals surface area (Å²) in [6.45, 7) is 0.764. The van der Waals surface area contributed by atoms with E-state index in [0.717, 1.165) is 12.4 Å². The molecular formula is C11H14N4S. The zero-order chi connectivity index (χ0) is 10.8. The second-order valence-electron chi connectivity index (χ2n) is 4.06. The van der Waals surface area contributed by atoms with Crippen LogP contribution < -0.4 is 5.32 Å². The second-order valence-corrected chi connectivity index (χ2v) is 5.06. The van der Waals surface area contributed by atoms with Gasteiger partial charge in [-0.1, -0.05) is 0 Å². The summed E-state index contributed by atoms with van der Waals surface area (Å²) in [5, 5.41) is 12.5. The number of hydrogen-bond acceptors (Lipinski definition) is 4. The van der Waals surface area contributed by atoms with Gasteiger partial charge >= 0.3 is 0 Å². The maximum atomic E-state index is 4.12. The molecule has 1 aliphatic rings. The van der Waals surface area contributed by atoms with Gasteiger partial charge < -0.3 is 5.32 Å². The Hall–Kier alpha value is -1.20. The Bertz CT molecular complexity index is 448. The van der Waals surface area contributed by atoms with Crippen LogP contribution in [0.4, 0.5) is 0 Å². The number of nitrogens with one attached hydrogen (secondary N) is 2. The highest BCUT2D eigenvalue weighted by Crippen LogP contribution is 2.33. The van der Waals surface area contributed by atoms with Crippen LogP contribution in [0.3, 0.4) is 0 Å². The van der Waals surface area contributed by atoms with Crippen LogP contribution in [-0.2, 0) is 13.0 Å². The molecule has 2 aromatic heterocycles. The van der Waals surface area contributed by atoms with Gasteiger partial charge in [0.25, 0.3) is 0 Å². The molecule has 84 valence electrons. The summed E-state index contributed by atoms with van der Waals surface area (Å²) in [6.07, 6.45) is 5.29. The lowest BCUT2D eigenvalue weighted by Gasteiger charge is -2.23. The predicted octanol–water partition coefficient (Wildman–Crippen LogP) is 2.03. The molecule has 0 aliphatic heterocycles. The van der Waals surface area contributed by atoms with Crippen LogP contribution in [0, 0.1) is 0 Å². The normalized spacial score (nSPS) is 19.6. The van der Waals surface area contributed by atoms with Gasteiger partial charge in [-0.15, -0.1) is 11.3 Å². The Morgan fingerprint density at radius 3 is 3.44 bits per heavy atom. The van der Waals surface area contributed by atoms with Crippen molar-refractivity contribution in [2.75, 3.05) is 0 Å². The van der Waals surface area contributed by atoms with Crippen molar-refractivity contribution in [1.82, 2.24) is 20.5 Å². The molecule has 4 nitrogen and oxygen atoms in total. The largest absolute Gasteiger partial charge is 0.303 e. The van der Waals surface area contributed by atoms with Gasteiger partial charge in [0.05, 0.1) is 6.54 Å². The number of aryl methyl sites for hydroxylation is 1. The molecular weight excluding hydrogens is 220 g/mol. The van der Waals surface area contributed by atoms with E-state index in [1.807, 2.05) is 11.3 Å². The second kappa shape index (κ2) is 4.35. The molecule has 0 spiro atoms. The fourth-order valence-corrected chi connectivity index (χ4v) is 3.22. The first-order chi connectivity index (χ1) is 7.93. The molecule has 1 aliphatic carbocycles. The summed E-state index contributed by atoms with van der Waals surface area (Å²) >= 11 is 1.88. The van der Waals surface area contributed by atoms with Gasteiger partial charge in [-0.05, 0) is 36.3 Å². The van der Waals surface area contributed by atoms with Crippen LogP contribution in [0.2, 0.25) is 0 Å². The Morgan fingerprint density at radius 1 is 1.56 bits per heavy atom. The molecule has 3 rings (SSSR count). The van der Waals surface area contributed by atoms with E-state index in [-0.39, 0.29) is 0 Å². The molecule has 1 atom stereocenters. The topological polar surface area (TPSA) is 53.6 Å². The third-order valence-electron chi connectivity index (χ3n) is 3.03. The van der Waals surface area contributed by atoms with Crippen molar-refractivity contribution >= 4 is 11.3 Å². The highest BCUT2D eigenvalue weighted by molar-refractivity contribution is 7.10. The molecule has 0 amide bonds. The van der Waals surface area contributed by atoms with E-state index >= 15 is 0 Å². The summed E-state index contributed by atoms with van der Waals surface area (Å²) in [7, 11) is 0. The van der Waals surface area contributed by atoms with Crippen molar-refractivity contribution in [3.05, 3.63) is 34.0 Å². The average molecular weight is 234 g/mol. The van der Waals surface area contributed by atoms with Gasteiger partial charge in [0.15, 0.2) is 0 Å². The third-order valence-corrected chi connectivity index (χ3v) is 4.03. The number of thiophene rings is 1. The van der Waals surface area contributed by atoms with Crippen LogP contribution in [0.25, 0.3) is 0 Å². The molecule has 0 saturated heterocycles. The molecule has 2 aromatic rings. The Labute approximate surface area is 98.1 Å². The molecule has 0 bridgehead atoms. The number of aromatic nitrogens is 3. The minimum atomic E-state index is 0.486. The van der Waals surface area contributed by atoms with E-state index in [0.29, 0.717) is 6.04 Å². The smallest absolute Gasteiger partial charge is 0.138 e. The van der Waals surface area contributed by atoms with Crippen molar-refractivity contribution in [2.45, 2.75) is 31.8 Å². The fraction of sp³-hybridized carbons (Fsp3) is 0.455. The van der Waals surface area contributed by atoms with E-state index in [9.17, 15) is 0 Å². The zero-order valence-corrected chi connectivity index (χ0v) is 9.76. The molecule has 0 fully saturated rings. The van der Waals surface area contributed by atoms with Gasteiger partial charge in [0, 0.05) is 10.9 Å². The first-order valence-corrected chi connectivity index (χ1v) is 6.45. The van der Waals surface area contributed by atoms with E-state index in [1.54, 1.807) is 11.2 Å². The zero-order valence-electron chi connectivity index (χ0n) is 8.94. The van der Waals surface area contributed by atoms with E-state index < -0.39 is 0 Å². The summed E-state index contributed by atoms with van der Waals surface area (Å²) < 4.78 is 0. The van der Waals surface area contributed by atoms with Crippen LogP contribution in [0.5, 0.6) is 0 Å². The van der Waals surface area contributed by atoms with Crippen LogP contribution in [-0.4, -0.2) is 15.2 Å². The summed E-state index contributed by atoms with van der Waals surface area (Å²) in [6, 6.07) is 2.73. The number of rotatable bonds is 3. The van der Waals surface area contributed by atoms with E-state index in [2.05, 4.69) is 31.9 Å². The van der Waals surface area contributed by atoms with Crippen molar-refractivity contribution in [3.8, 4) is 0 Å². The summed E-state index contributed by atoms with van der Waals surface area (Å²) in [5.74, 6) is 0.905. The van der Waals surface area contributed by atoms with Crippen molar-refractivity contribution < 1.29 is 0 Å². The van der Waals surface area contributed by atoms with Gasteiger partial charge in [0.1, 0.15) is 12.2 Å². The number of nitrogens with zero attached hydrogens (tertiary/aromatic N) is 2. The summed E-state index contributed by atoms with van der Waals surface area (Å²) in [5.41, 5.74) is 1.48. The van der Waals surface area contributed by atoms with Crippen LogP contribution in [0.1, 0.15) is 35.1 Å². The Kier molecular flexibility index (Phi) is 2.71.